The third kappa shape index (κ3) is 14.6. The number of rotatable bonds is 10. The van der Waals surface area contributed by atoms with Crippen molar-refractivity contribution in [1.82, 2.24) is 0 Å². The molecule has 17 nitrogen and oxygen atoms in total. The van der Waals surface area contributed by atoms with Crippen LogP contribution in [0.25, 0.3) is 6.08 Å². The Hall–Kier alpha value is -5.79. The summed E-state index contributed by atoms with van der Waals surface area (Å²) in [4.78, 5) is 39.0. The van der Waals surface area contributed by atoms with E-state index >= 15 is 0 Å². The zero-order valence-electron chi connectivity index (χ0n) is 41.2. The van der Waals surface area contributed by atoms with Gasteiger partial charge < -0.3 is 66.7 Å². The Labute approximate surface area is 409 Å². The van der Waals surface area contributed by atoms with Crippen LogP contribution < -0.4 is 18.9 Å². The highest BCUT2D eigenvalue weighted by Gasteiger charge is 2.46. The van der Waals surface area contributed by atoms with E-state index in [1.807, 2.05) is 52.0 Å². The topological polar surface area (TPSA) is 191 Å². The maximum atomic E-state index is 13.2. The van der Waals surface area contributed by atoms with Gasteiger partial charge in [0, 0.05) is 26.4 Å². The number of methoxy groups -OCH3 is 4. The van der Waals surface area contributed by atoms with Crippen molar-refractivity contribution in [3.8, 4) is 23.0 Å². The number of benzene rings is 3. The quantitative estimate of drug-likeness (QED) is 0.0890. The fourth-order valence-corrected chi connectivity index (χ4v) is 8.41. The summed E-state index contributed by atoms with van der Waals surface area (Å²) in [5.41, 5.74) is 2.41. The number of esters is 3. The Morgan fingerprint density at radius 3 is 1.93 bits per heavy atom. The summed E-state index contributed by atoms with van der Waals surface area (Å²) in [6.45, 7) is 7.56. The van der Waals surface area contributed by atoms with Gasteiger partial charge in [-0.2, -0.15) is 0 Å². The first-order valence-electron chi connectivity index (χ1n) is 23.3. The Morgan fingerprint density at radius 1 is 0.700 bits per heavy atom. The summed E-state index contributed by atoms with van der Waals surface area (Å²) < 4.78 is 73.6. The first-order valence-corrected chi connectivity index (χ1v) is 23.3. The molecular formula is C53H66O17. The molecule has 0 saturated carbocycles. The monoisotopic (exact) mass is 974 g/mol. The van der Waals surface area contributed by atoms with E-state index in [9.17, 15) is 19.5 Å². The van der Waals surface area contributed by atoms with Crippen LogP contribution in [0.15, 0.2) is 85.0 Å². The molecule has 0 radical (unpaired) electrons. The minimum absolute atomic E-state index is 0.0251. The van der Waals surface area contributed by atoms with E-state index in [0.717, 1.165) is 5.56 Å². The smallest absolute Gasteiger partial charge is 0.342 e. The van der Waals surface area contributed by atoms with Gasteiger partial charge in [0.05, 0.1) is 45.2 Å². The van der Waals surface area contributed by atoms with E-state index in [4.69, 9.17) is 61.6 Å². The highest BCUT2D eigenvalue weighted by Crippen LogP contribution is 2.38. The van der Waals surface area contributed by atoms with Crippen molar-refractivity contribution in [2.24, 2.45) is 0 Å². The third-order valence-electron chi connectivity index (χ3n) is 11.5. The molecule has 4 heterocycles. The van der Waals surface area contributed by atoms with E-state index in [0.29, 0.717) is 78.2 Å². The van der Waals surface area contributed by atoms with Gasteiger partial charge in [-0.15, -0.1) is 0 Å². The standard InChI is InChI=1S/C30H36O9.C23H30O8/c1-30(2)38-24-15-10-13-21-17-22(34-4)18-25(36-19-33-3)26(21)29(32)35-16-9-8-14-23(27(24)39-30)37-28(31)20-11-6-5-7-12-20;1-23(2)30-18-10-7-8-15-12-16(27-4)13-19(29-14-26-3)20(15)22(25)28-11-6-5-9-17(24)21(18)31-23/h5-8,11-12,14,17-18,23-24,27H,9-10,13,15-16,19H2,1-4H3;5,7-9,12-13,17-18,21,24H,6,10-11,14H2,1-4H3/b14-8-;8-7+,9-5-. The molecular weight excluding hydrogens is 909 g/mol. The second-order valence-electron chi connectivity index (χ2n) is 17.6. The highest BCUT2D eigenvalue weighted by molar-refractivity contribution is 5.97. The summed E-state index contributed by atoms with van der Waals surface area (Å²) in [5, 5.41) is 10.5. The second kappa shape index (κ2) is 25.4. The predicted octanol–water partition coefficient (Wildman–Crippen LogP) is 7.94. The van der Waals surface area contributed by atoms with E-state index < -0.39 is 53.9 Å². The Bertz CT molecular complexity index is 2300. The van der Waals surface area contributed by atoms with Gasteiger partial charge in [-0.1, -0.05) is 48.6 Å². The molecule has 4 aliphatic heterocycles. The fraction of sp³-hybridized carbons (Fsp3) is 0.491. The molecule has 7 rings (SSSR count). The van der Waals surface area contributed by atoms with Crippen molar-refractivity contribution < 1.29 is 81.1 Å². The maximum absolute atomic E-state index is 13.2. The SMILES string of the molecule is COCOc1cc(OC)cc2c1C(=O)OCC/C=C\C(O)C1OC(C)(C)OC1C/C=C/2.COCOc1cc(OC)cc2c1C(=O)OCC/C=C\C(OC(=O)c1ccccc1)C1OC(C)(C)OC1CCC2. The van der Waals surface area contributed by atoms with Crippen molar-refractivity contribution in [3.63, 3.8) is 0 Å². The summed E-state index contributed by atoms with van der Waals surface area (Å²) in [5.74, 6) is -1.37. The molecule has 3 aromatic rings. The van der Waals surface area contributed by atoms with Crippen LogP contribution in [-0.2, 0) is 49.1 Å². The van der Waals surface area contributed by atoms with Crippen molar-refractivity contribution in [2.45, 2.75) is 114 Å². The molecule has 380 valence electrons. The molecule has 3 aromatic carbocycles. The van der Waals surface area contributed by atoms with Crippen LogP contribution >= 0.6 is 0 Å². The van der Waals surface area contributed by atoms with Gasteiger partial charge in [-0.3, -0.25) is 0 Å². The molecule has 0 spiro atoms. The van der Waals surface area contributed by atoms with Crippen LogP contribution in [0.5, 0.6) is 23.0 Å². The predicted molar refractivity (Wildman–Crippen MR) is 255 cm³/mol. The van der Waals surface area contributed by atoms with Crippen LogP contribution in [-0.4, -0.2) is 126 Å². The van der Waals surface area contributed by atoms with Crippen LogP contribution in [0.4, 0.5) is 0 Å². The molecule has 2 saturated heterocycles. The molecule has 0 aromatic heterocycles. The van der Waals surface area contributed by atoms with Crippen molar-refractivity contribution >= 4 is 24.0 Å². The lowest BCUT2D eigenvalue weighted by atomic mass is 9.96. The lowest BCUT2D eigenvalue weighted by molar-refractivity contribution is -0.153. The molecule has 4 aliphatic rings. The van der Waals surface area contributed by atoms with Crippen LogP contribution in [0.2, 0.25) is 0 Å². The Kier molecular flexibility index (Phi) is 19.4. The summed E-state index contributed by atoms with van der Waals surface area (Å²) in [6, 6.07) is 15.7. The van der Waals surface area contributed by atoms with Gasteiger partial charge in [0.1, 0.15) is 58.5 Å². The molecule has 2 fully saturated rings. The fourth-order valence-electron chi connectivity index (χ4n) is 8.41. The Balaban J connectivity index is 0.000000236. The molecule has 17 heteroatoms. The van der Waals surface area contributed by atoms with Gasteiger partial charge in [0.15, 0.2) is 25.2 Å². The van der Waals surface area contributed by atoms with Gasteiger partial charge in [0.2, 0.25) is 0 Å². The van der Waals surface area contributed by atoms with Gasteiger partial charge in [-0.05, 0) is 108 Å². The van der Waals surface area contributed by atoms with E-state index in [2.05, 4.69) is 0 Å². The molecule has 1 N–H and O–H groups in total. The maximum Gasteiger partial charge on any atom is 0.342 e. The molecule has 0 bridgehead atoms. The normalized spacial score (nSPS) is 25.7. The molecule has 70 heavy (non-hydrogen) atoms. The average Bonchev–Trinajstić information content (AvgIpc) is 3.83. The number of hydrogen-bond acceptors (Lipinski definition) is 17. The number of carbonyl (C=O) groups excluding carboxylic acids is 3. The summed E-state index contributed by atoms with van der Waals surface area (Å²) >= 11 is 0. The number of hydrogen-bond donors (Lipinski definition) is 1. The van der Waals surface area contributed by atoms with Gasteiger partial charge in [0.25, 0.3) is 0 Å². The van der Waals surface area contributed by atoms with Gasteiger partial charge in [-0.25, -0.2) is 14.4 Å². The highest BCUT2D eigenvalue weighted by atomic mass is 16.8. The molecule has 6 unspecified atom stereocenters. The van der Waals surface area contributed by atoms with E-state index in [1.54, 1.807) is 73.9 Å². The summed E-state index contributed by atoms with van der Waals surface area (Å²) in [7, 11) is 6.11. The zero-order chi connectivity index (χ0) is 50.3. The number of ether oxygens (including phenoxy) is 13. The zero-order valence-corrected chi connectivity index (χ0v) is 41.2. The van der Waals surface area contributed by atoms with Crippen molar-refractivity contribution in [1.29, 1.82) is 0 Å². The number of fused-ring (bicyclic) bond motifs is 4. The van der Waals surface area contributed by atoms with E-state index in [-0.39, 0.29) is 44.6 Å². The molecule has 6 atom stereocenters. The number of aliphatic hydroxyl groups excluding tert-OH is 1. The minimum atomic E-state index is -0.851. The van der Waals surface area contributed by atoms with Crippen LogP contribution in [0.3, 0.4) is 0 Å². The third-order valence-corrected chi connectivity index (χ3v) is 11.5. The minimum Gasteiger partial charge on any atom is -0.497 e. The lowest BCUT2D eigenvalue weighted by Gasteiger charge is -2.25. The molecule has 0 aliphatic carbocycles. The second-order valence-corrected chi connectivity index (χ2v) is 17.6. The first-order chi connectivity index (χ1) is 33.6. The summed E-state index contributed by atoms with van der Waals surface area (Å²) in [6.07, 6.45) is 10.6. The number of aryl methyl sites for hydroxylation is 1. The van der Waals surface area contributed by atoms with Crippen LogP contribution in [0.1, 0.15) is 102 Å². The van der Waals surface area contributed by atoms with Crippen molar-refractivity contribution in [2.75, 3.05) is 55.2 Å². The lowest BCUT2D eigenvalue weighted by Crippen LogP contribution is -2.37. The average molecular weight is 975 g/mol. The number of cyclic esters (lactones) is 2. The largest absolute Gasteiger partial charge is 0.497 e. The van der Waals surface area contributed by atoms with E-state index in [1.165, 1.54) is 21.3 Å². The van der Waals surface area contributed by atoms with Crippen molar-refractivity contribution in [3.05, 3.63) is 113 Å². The Morgan fingerprint density at radius 2 is 1.29 bits per heavy atom. The molecule has 0 amide bonds. The van der Waals surface area contributed by atoms with Crippen LogP contribution in [0, 0.1) is 0 Å². The number of aliphatic hydroxyl groups is 1. The number of carbonyl (C=O) groups is 3. The van der Waals surface area contributed by atoms with Gasteiger partial charge >= 0.3 is 17.9 Å². The first kappa shape index (κ1) is 53.6.